The quantitative estimate of drug-likeness (QED) is 0.308. The number of guanidine groups is 1. The van der Waals surface area contributed by atoms with Crippen LogP contribution in [0.2, 0.25) is 0 Å². The Kier molecular flexibility index (Phi) is 9.07. The lowest BCUT2D eigenvalue weighted by molar-refractivity contribution is 0.376. The van der Waals surface area contributed by atoms with E-state index in [-0.39, 0.29) is 24.0 Å². The first kappa shape index (κ1) is 23.0. The van der Waals surface area contributed by atoms with E-state index in [9.17, 15) is 0 Å². The van der Waals surface area contributed by atoms with E-state index < -0.39 is 0 Å². The number of aliphatic imine (C=N–C) groups is 1. The Morgan fingerprint density at radius 2 is 2.11 bits per heavy atom. The van der Waals surface area contributed by atoms with Crippen LogP contribution in [0.1, 0.15) is 44.6 Å². The van der Waals surface area contributed by atoms with Gasteiger partial charge in [0.1, 0.15) is 6.54 Å². The molecular weight excluding hydrogens is 533 g/mol. The molecule has 28 heavy (non-hydrogen) atoms. The van der Waals surface area contributed by atoms with Crippen LogP contribution in [-0.4, -0.2) is 36.8 Å². The highest BCUT2D eigenvalue weighted by Gasteiger charge is 2.23. The highest BCUT2D eigenvalue weighted by atomic mass is 127. The Morgan fingerprint density at radius 3 is 2.75 bits per heavy atom. The van der Waals surface area contributed by atoms with Gasteiger partial charge in [-0.05, 0) is 43.5 Å². The summed E-state index contributed by atoms with van der Waals surface area (Å²) in [7, 11) is 0. The van der Waals surface area contributed by atoms with E-state index in [1.165, 1.54) is 5.69 Å². The van der Waals surface area contributed by atoms with Crippen molar-refractivity contribution in [3.63, 3.8) is 0 Å². The molecule has 1 aliphatic rings. The molecule has 0 saturated carbocycles. The zero-order chi connectivity index (χ0) is 19.2. The second-order valence-electron chi connectivity index (χ2n) is 7.12. The number of nitrogens with zero attached hydrogens (tertiary/aromatic N) is 3. The maximum absolute atomic E-state index is 5.38. The molecule has 1 aliphatic heterocycles. The summed E-state index contributed by atoms with van der Waals surface area (Å²) in [5.41, 5.74) is 2.23. The van der Waals surface area contributed by atoms with Crippen molar-refractivity contribution < 1.29 is 4.52 Å². The maximum Gasteiger partial charge on any atom is 0.191 e. The molecule has 0 bridgehead atoms. The third-order valence-corrected chi connectivity index (χ3v) is 5.16. The van der Waals surface area contributed by atoms with E-state index >= 15 is 0 Å². The van der Waals surface area contributed by atoms with Gasteiger partial charge in [-0.15, -0.1) is 24.0 Å². The number of rotatable bonds is 6. The van der Waals surface area contributed by atoms with Gasteiger partial charge in [0.25, 0.3) is 0 Å². The van der Waals surface area contributed by atoms with E-state index in [4.69, 9.17) is 4.52 Å². The summed E-state index contributed by atoms with van der Waals surface area (Å²) in [5.74, 6) is 1.97. The van der Waals surface area contributed by atoms with Gasteiger partial charge in [0.15, 0.2) is 11.7 Å². The molecule has 2 aromatic rings. The fraction of sp³-hybridized carbons (Fsp3) is 0.500. The Hall–Kier alpha value is -1.29. The Balaban J connectivity index is 0.00000280. The predicted molar refractivity (Wildman–Crippen MR) is 129 cm³/mol. The molecule has 1 aromatic carbocycles. The van der Waals surface area contributed by atoms with Gasteiger partial charge in [0.05, 0.1) is 5.69 Å². The number of aromatic nitrogens is 1. The lowest BCUT2D eigenvalue weighted by atomic mass is 10.1. The molecule has 1 aromatic heterocycles. The molecule has 1 fully saturated rings. The van der Waals surface area contributed by atoms with Crippen molar-refractivity contribution in [1.29, 1.82) is 0 Å². The molecule has 0 aliphatic carbocycles. The third kappa shape index (κ3) is 6.37. The smallest absolute Gasteiger partial charge is 0.191 e. The molecule has 154 valence electrons. The van der Waals surface area contributed by atoms with E-state index in [0.29, 0.717) is 18.5 Å². The normalized spacial score (nSPS) is 17.0. The summed E-state index contributed by atoms with van der Waals surface area (Å²) in [6.45, 7) is 9.60. The van der Waals surface area contributed by atoms with Gasteiger partial charge in [-0.1, -0.05) is 34.9 Å². The topological polar surface area (TPSA) is 65.7 Å². The molecule has 0 spiro atoms. The lowest BCUT2D eigenvalue weighted by Gasteiger charge is -2.20. The van der Waals surface area contributed by atoms with Crippen LogP contribution in [0.4, 0.5) is 5.69 Å². The van der Waals surface area contributed by atoms with E-state index in [1.54, 1.807) is 0 Å². The summed E-state index contributed by atoms with van der Waals surface area (Å²) >= 11 is 3.49. The Labute approximate surface area is 192 Å². The highest BCUT2D eigenvalue weighted by molar-refractivity contribution is 14.0. The standard InChI is InChI=1S/C20H28BrN5O.HI/c1-4-22-20(23-12-18-11-19(14(2)3)25-27-18)24-16-9-10-26(13-16)17-7-5-15(21)6-8-17;/h5-8,11,14,16H,4,9-10,12-13H2,1-3H3,(H2,22,23,24);1H. The van der Waals surface area contributed by atoms with Crippen LogP contribution >= 0.6 is 39.9 Å². The molecular formula is C20H29BrIN5O. The fourth-order valence-corrected chi connectivity index (χ4v) is 3.37. The van der Waals surface area contributed by atoms with Crippen LogP contribution in [0.25, 0.3) is 0 Å². The van der Waals surface area contributed by atoms with Crippen molar-refractivity contribution in [2.24, 2.45) is 4.99 Å². The summed E-state index contributed by atoms with van der Waals surface area (Å²) in [6.07, 6.45) is 1.08. The zero-order valence-corrected chi connectivity index (χ0v) is 20.5. The van der Waals surface area contributed by atoms with Crippen molar-refractivity contribution in [2.75, 3.05) is 24.5 Å². The number of nitrogens with one attached hydrogen (secondary N) is 2. The van der Waals surface area contributed by atoms with Crippen molar-refractivity contribution in [1.82, 2.24) is 15.8 Å². The molecule has 1 unspecified atom stereocenters. The lowest BCUT2D eigenvalue weighted by Crippen LogP contribution is -2.44. The van der Waals surface area contributed by atoms with Gasteiger partial charge in [-0.25, -0.2) is 4.99 Å². The zero-order valence-electron chi connectivity index (χ0n) is 16.6. The van der Waals surface area contributed by atoms with Crippen molar-refractivity contribution >= 4 is 51.6 Å². The van der Waals surface area contributed by atoms with Crippen LogP contribution < -0.4 is 15.5 Å². The van der Waals surface area contributed by atoms with Gasteiger partial charge in [0, 0.05) is 41.9 Å². The third-order valence-electron chi connectivity index (χ3n) is 4.63. The SMILES string of the molecule is CCNC(=NCc1cc(C(C)C)no1)NC1CCN(c2ccc(Br)cc2)C1.I. The minimum Gasteiger partial charge on any atom is -0.369 e. The molecule has 3 rings (SSSR count). The average molecular weight is 562 g/mol. The summed E-state index contributed by atoms with van der Waals surface area (Å²) in [6, 6.07) is 10.8. The predicted octanol–water partition coefficient (Wildman–Crippen LogP) is 4.51. The average Bonchev–Trinajstić information content (AvgIpc) is 3.30. The molecule has 6 nitrogen and oxygen atoms in total. The summed E-state index contributed by atoms with van der Waals surface area (Å²) < 4.78 is 6.49. The maximum atomic E-state index is 5.38. The van der Waals surface area contributed by atoms with E-state index in [1.807, 2.05) is 6.07 Å². The van der Waals surface area contributed by atoms with E-state index in [2.05, 4.69) is 86.6 Å². The second-order valence-corrected chi connectivity index (χ2v) is 8.04. The number of halogens is 2. The number of benzene rings is 1. The van der Waals surface area contributed by atoms with Crippen LogP contribution in [-0.2, 0) is 6.54 Å². The van der Waals surface area contributed by atoms with Crippen LogP contribution in [0.3, 0.4) is 0 Å². The van der Waals surface area contributed by atoms with Gasteiger partial charge in [0.2, 0.25) is 0 Å². The first-order valence-corrected chi connectivity index (χ1v) is 10.3. The molecule has 8 heteroatoms. The first-order chi connectivity index (χ1) is 13.0. The first-order valence-electron chi connectivity index (χ1n) is 9.56. The minimum absolute atomic E-state index is 0. The van der Waals surface area contributed by atoms with E-state index in [0.717, 1.165) is 47.9 Å². The molecule has 1 saturated heterocycles. The number of anilines is 1. The van der Waals surface area contributed by atoms with Gasteiger partial charge in [-0.2, -0.15) is 0 Å². The van der Waals surface area contributed by atoms with Crippen LogP contribution in [0, 0.1) is 0 Å². The molecule has 0 radical (unpaired) electrons. The van der Waals surface area contributed by atoms with Gasteiger partial charge in [-0.3, -0.25) is 0 Å². The minimum atomic E-state index is 0. The number of hydrogen-bond donors (Lipinski definition) is 2. The largest absolute Gasteiger partial charge is 0.369 e. The molecule has 2 heterocycles. The van der Waals surface area contributed by atoms with Gasteiger partial charge < -0.3 is 20.1 Å². The van der Waals surface area contributed by atoms with Crippen molar-refractivity contribution in [2.45, 2.75) is 45.7 Å². The highest BCUT2D eigenvalue weighted by Crippen LogP contribution is 2.22. The van der Waals surface area contributed by atoms with Gasteiger partial charge >= 0.3 is 0 Å². The van der Waals surface area contributed by atoms with Crippen LogP contribution in [0.15, 0.2) is 44.3 Å². The molecule has 1 atom stereocenters. The second kappa shape index (κ2) is 11.0. The summed E-state index contributed by atoms with van der Waals surface area (Å²) in [5, 5.41) is 11.0. The van der Waals surface area contributed by atoms with Crippen molar-refractivity contribution in [3.8, 4) is 0 Å². The van der Waals surface area contributed by atoms with Crippen LogP contribution in [0.5, 0.6) is 0 Å². The van der Waals surface area contributed by atoms with Crippen molar-refractivity contribution in [3.05, 3.63) is 46.3 Å². The summed E-state index contributed by atoms with van der Waals surface area (Å²) in [4.78, 5) is 7.07. The molecule has 0 amide bonds. The monoisotopic (exact) mass is 561 g/mol. The molecule has 2 N–H and O–H groups in total. The fourth-order valence-electron chi connectivity index (χ4n) is 3.11. The Morgan fingerprint density at radius 1 is 1.36 bits per heavy atom. The Bertz CT molecular complexity index is 762. The number of hydrogen-bond acceptors (Lipinski definition) is 4.